The second-order valence-corrected chi connectivity index (χ2v) is 9.08. The van der Waals surface area contributed by atoms with Crippen molar-refractivity contribution in [1.29, 1.82) is 0 Å². The summed E-state index contributed by atoms with van der Waals surface area (Å²) in [6.45, 7) is 3.59. The third kappa shape index (κ3) is 3.83. The van der Waals surface area contributed by atoms with Crippen molar-refractivity contribution < 1.29 is 13.2 Å². The molecule has 0 aromatic carbocycles. The van der Waals surface area contributed by atoms with Crippen molar-refractivity contribution in [3.63, 3.8) is 0 Å². The number of aromatic amines is 1. The lowest BCUT2D eigenvalue weighted by Crippen LogP contribution is -2.50. The van der Waals surface area contributed by atoms with Crippen LogP contribution in [-0.2, 0) is 14.8 Å². The Morgan fingerprint density at radius 2 is 2.08 bits per heavy atom. The van der Waals surface area contributed by atoms with Crippen LogP contribution in [0.2, 0.25) is 0 Å². The molecule has 1 aliphatic heterocycles. The molecule has 1 aliphatic rings. The van der Waals surface area contributed by atoms with Gasteiger partial charge in [-0.3, -0.25) is 4.79 Å². The van der Waals surface area contributed by atoms with Gasteiger partial charge in [-0.1, -0.05) is 6.92 Å². The van der Waals surface area contributed by atoms with Gasteiger partial charge in [0.05, 0.1) is 0 Å². The molecule has 0 saturated carbocycles. The minimum absolute atomic E-state index is 0.106. The molecule has 0 aliphatic carbocycles. The van der Waals surface area contributed by atoms with Crippen molar-refractivity contribution in [1.82, 2.24) is 19.2 Å². The SMILES string of the molecule is CCSCCC(=O)N1CCN(S(=O)(=O)c2c[nH]c3ncccc23)CC1. The summed E-state index contributed by atoms with van der Waals surface area (Å²) in [4.78, 5) is 21.2. The quantitative estimate of drug-likeness (QED) is 0.766. The van der Waals surface area contributed by atoms with Crippen LogP contribution in [0.15, 0.2) is 29.4 Å². The number of amides is 1. The normalized spacial score (nSPS) is 16.4. The van der Waals surface area contributed by atoms with Gasteiger partial charge in [0.15, 0.2) is 0 Å². The Hall–Kier alpha value is -1.58. The fourth-order valence-corrected chi connectivity index (χ4v) is 5.10. The smallest absolute Gasteiger partial charge is 0.245 e. The maximum atomic E-state index is 12.9. The molecular weight excluding hydrogens is 360 g/mol. The molecule has 0 spiro atoms. The predicted molar refractivity (Wildman–Crippen MR) is 99.0 cm³/mol. The fraction of sp³-hybridized carbons (Fsp3) is 0.500. The first-order valence-electron chi connectivity index (χ1n) is 8.32. The number of fused-ring (bicyclic) bond motifs is 1. The number of pyridine rings is 1. The second kappa shape index (κ2) is 7.76. The van der Waals surface area contributed by atoms with Crippen LogP contribution in [0.3, 0.4) is 0 Å². The van der Waals surface area contributed by atoms with Crippen LogP contribution in [0.25, 0.3) is 11.0 Å². The zero-order chi connectivity index (χ0) is 17.9. The largest absolute Gasteiger partial charge is 0.345 e. The number of sulfonamides is 1. The third-order valence-electron chi connectivity index (χ3n) is 4.29. The van der Waals surface area contributed by atoms with Gasteiger partial charge in [0.25, 0.3) is 0 Å². The first-order valence-corrected chi connectivity index (χ1v) is 10.9. The van der Waals surface area contributed by atoms with Gasteiger partial charge in [-0.2, -0.15) is 16.1 Å². The summed E-state index contributed by atoms with van der Waals surface area (Å²) >= 11 is 1.74. The molecule has 1 saturated heterocycles. The molecule has 7 nitrogen and oxygen atoms in total. The number of carbonyl (C=O) groups is 1. The molecule has 1 fully saturated rings. The third-order valence-corrected chi connectivity index (χ3v) is 7.13. The minimum Gasteiger partial charge on any atom is -0.345 e. The Bertz CT molecular complexity index is 842. The number of hydrogen-bond acceptors (Lipinski definition) is 5. The molecule has 3 heterocycles. The number of hydrogen-bond donors (Lipinski definition) is 1. The van der Waals surface area contributed by atoms with E-state index in [0.717, 1.165) is 11.5 Å². The topological polar surface area (TPSA) is 86.4 Å². The lowest BCUT2D eigenvalue weighted by molar-refractivity contribution is -0.131. The van der Waals surface area contributed by atoms with Crippen LogP contribution in [0.4, 0.5) is 0 Å². The highest BCUT2D eigenvalue weighted by Gasteiger charge is 2.31. The summed E-state index contributed by atoms with van der Waals surface area (Å²) in [5.41, 5.74) is 0.559. The van der Waals surface area contributed by atoms with E-state index in [1.807, 2.05) is 0 Å². The number of carbonyl (C=O) groups excluding carboxylic acids is 1. The van der Waals surface area contributed by atoms with Crippen LogP contribution in [0, 0.1) is 0 Å². The number of nitrogens with one attached hydrogen (secondary N) is 1. The van der Waals surface area contributed by atoms with Gasteiger partial charge in [0.2, 0.25) is 15.9 Å². The Morgan fingerprint density at radius 3 is 2.80 bits per heavy atom. The lowest BCUT2D eigenvalue weighted by atomic mass is 10.3. The molecule has 136 valence electrons. The summed E-state index contributed by atoms with van der Waals surface area (Å²) < 4.78 is 27.3. The molecule has 9 heteroatoms. The summed E-state index contributed by atoms with van der Waals surface area (Å²) in [6, 6.07) is 3.47. The Balaban J connectivity index is 1.67. The Morgan fingerprint density at radius 1 is 1.32 bits per heavy atom. The number of piperazine rings is 1. The van der Waals surface area contributed by atoms with E-state index < -0.39 is 10.0 Å². The van der Waals surface area contributed by atoms with Gasteiger partial charge in [-0.15, -0.1) is 0 Å². The van der Waals surface area contributed by atoms with Gasteiger partial charge >= 0.3 is 0 Å². The molecule has 1 N–H and O–H groups in total. The van der Waals surface area contributed by atoms with Crippen molar-refractivity contribution in [2.75, 3.05) is 37.7 Å². The van der Waals surface area contributed by atoms with Crippen LogP contribution in [-0.4, -0.2) is 71.2 Å². The maximum absolute atomic E-state index is 12.9. The number of nitrogens with zero attached hydrogens (tertiary/aromatic N) is 3. The van der Waals surface area contributed by atoms with E-state index >= 15 is 0 Å². The van der Waals surface area contributed by atoms with Crippen molar-refractivity contribution in [3.8, 4) is 0 Å². The van der Waals surface area contributed by atoms with Crippen LogP contribution < -0.4 is 0 Å². The Labute approximate surface area is 151 Å². The monoisotopic (exact) mass is 382 g/mol. The molecule has 3 rings (SSSR count). The summed E-state index contributed by atoms with van der Waals surface area (Å²) in [6.07, 6.45) is 3.63. The predicted octanol–water partition coefficient (Wildman–Crippen LogP) is 1.54. The second-order valence-electron chi connectivity index (χ2n) is 5.78. The molecule has 2 aromatic heterocycles. The van der Waals surface area contributed by atoms with E-state index in [1.165, 1.54) is 10.5 Å². The molecule has 0 unspecified atom stereocenters. The van der Waals surface area contributed by atoms with Crippen LogP contribution in [0.5, 0.6) is 0 Å². The fourth-order valence-electron chi connectivity index (χ4n) is 2.92. The van der Waals surface area contributed by atoms with Gasteiger partial charge in [-0.05, 0) is 17.9 Å². The van der Waals surface area contributed by atoms with E-state index in [4.69, 9.17) is 0 Å². The molecule has 0 radical (unpaired) electrons. The molecule has 25 heavy (non-hydrogen) atoms. The Kier molecular flexibility index (Phi) is 5.65. The zero-order valence-electron chi connectivity index (χ0n) is 14.1. The number of rotatable bonds is 6. The summed E-state index contributed by atoms with van der Waals surface area (Å²) in [5, 5.41) is 0.595. The van der Waals surface area contributed by atoms with E-state index in [2.05, 4.69) is 16.9 Å². The van der Waals surface area contributed by atoms with Crippen molar-refractivity contribution >= 4 is 38.7 Å². The molecule has 1 amide bonds. The minimum atomic E-state index is -3.60. The first-order chi connectivity index (χ1) is 12.0. The highest BCUT2D eigenvalue weighted by Crippen LogP contribution is 2.25. The molecule has 0 atom stereocenters. The maximum Gasteiger partial charge on any atom is 0.245 e. The highest BCUT2D eigenvalue weighted by atomic mass is 32.2. The van der Waals surface area contributed by atoms with Gasteiger partial charge < -0.3 is 9.88 Å². The van der Waals surface area contributed by atoms with Crippen molar-refractivity contribution in [2.24, 2.45) is 0 Å². The van der Waals surface area contributed by atoms with Gasteiger partial charge in [0.1, 0.15) is 10.5 Å². The highest BCUT2D eigenvalue weighted by molar-refractivity contribution is 7.99. The van der Waals surface area contributed by atoms with E-state index in [1.54, 1.807) is 35.0 Å². The number of aromatic nitrogens is 2. The summed E-state index contributed by atoms with van der Waals surface area (Å²) in [7, 11) is -3.60. The van der Waals surface area contributed by atoms with E-state index in [9.17, 15) is 13.2 Å². The molecule has 2 aromatic rings. The first kappa shape index (κ1) is 18.2. The van der Waals surface area contributed by atoms with Gasteiger partial charge in [0, 0.05) is 56.1 Å². The lowest BCUT2D eigenvalue weighted by Gasteiger charge is -2.34. The van der Waals surface area contributed by atoms with E-state index in [0.29, 0.717) is 43.6 Å². The average Bonchev–Trinajstić information content (AvgIpc) is 3.07. The summed E-state index contributed by atoms with van der Waals surface area (Å²) in [5.74, 6) is 1.92. The van der Waals surface area contributed by atoms with Crippen LogP contribution >= 0.6 is 11.8 Å². The average molecular weight is 383 g/mol. The molecule has 0 bridgehead atoms. The van der Waals surface area contributed by atoms with Crippen molar-refractivity contribution in [2.45, 2.75) is 18.2 Å². The van der Waals surface area contributed by atoms with Crippen molar-refractivity contribution in [3.05, 3.63) is 24.5 Å². The van der Waals surface area contributed by atoms with Gasteiger partial charge in [-0.25, -0.2) is 13.4 Å². The standard InChI is InChI=1S/C16H22N4O3S2/c1-2-24-11-5-15(21)19-7-9-20(10-8-19)25(22,23)14-12-18-16-13(14)4-3-6-17-16/h3-4,6,12H,2,5,7-11H2,1H3,(H,17,18). The molecular formula is C16H22N4O3S2. The van der Waals surface area contributed by atoms with E-state index in [-0.39, 0.29) is 10.8 Å². The number of thioether (sulfide) groups is 1. The number of H-pyrrole nitrogens is 1. The van der Waals surface area contributed by atoms with Crippen LogP contribution in [0.1, 0.15) is 13.3 Å². The zero-order valence-corrected chi connectivity index (χ0v) is 15.8.